The van der Waals surface area contributed by atoms with Crippen LogP contribution in [0.3, 0.4) is 0 Å². The number of nitro groups is 1. The lowest BCUT2D eigenvalue weighted by Crippen LogP contribution is -1.92. The molecule has 1 aromatic heterocycles. The summed E-state index contributed by atoms with van der Waals surface area (Å²) in [5.74, 6) is 0.706. The zero-order chi connectivity index (χ0) is 19.1. The van der Waals surface area contributed by atoms with Crippen molar-refractivity contribution < 1.29 is 4.92 Å². The van der Waals surface area contributed by atoms with Crippen LogP contribution in [0.4, 0.5) is 5.69 Å². The number of hydrogen-bond acceptors (Lipinski definition) is 6. The largest absolute Gasteiger partial charge is 0.276 e. The van der Waals surface area contributed by atoms with E-state index in [0.29, 0.717) is 21.5 Å². The highest BCUT2D eigenvalue weighted by Gasteiger charge is 2.08. The van der Waals surface area contributed by atoms with E-state index in [9.17, 15) is 10.1 Å². The monoisotopic (exact) mass is 399 g/mol. The molecule has 3 rings (SSSR count). The molecule has 0 atom stereocenters. The molecule has 1 heterocycles. The third-order valence-electron chi connectivity index (χ3n) is 3.47. The maximum absolute atomic E-state index is 11.0. The molecule has 0 bridgehead atoms. The predicted molar refractivity (Wildman–Crippen MR) is 107 cm³/mol. The highest BCUT2D eigenvalue weighted by Crippen LogP contribution is 2.22. The minimum atomic E-state index is -0.415. The van der Waals surface area contributed by atoms with Crippen molar-refractivity contribution in [3.63, 3.8) is 0 Å². The number of benzene rings is 2. The Hall–Kier alpha value is -2.97. The predicted octanol–water partition coefficient (Wildman–Crippen LogP) is 4.68. The van der Waals surface area contributed by atoms with E-state index in [1.807, 2.05) is 24.3 Å². The molecule has 0 aliphatic heterocycles. The molecule has 0 N–H and O–H groups in total. The molecule has 7 nitrogen and oxygen atoms in total. The normalized spacial score (nSPS) is 11.4. The van der Waals surface area contributed by atoms with E-state index in [1.54, 1.807) is 35.0 Å². The van der Waals surface area contributed by atoms with Crippen molar-refractivity contribution in [2.75, 3.05) is 0 Å². The van der Waals surface area contributed by atoms with Crippen LogP contribution in [0.15, 0.2) is 71.2 Å². The summed E-state index contributed by atoms with van der Waals surface area (Å²) >= 11 is 7.38. The Labute approximate surface area is 164 Å². The van der Waals surface area contributed by atoms with Crippen molar-refractivity contribution in [1.82, 2.24) is 14.9 Å². The second-order valence-corrected chi connectivity index (χ2v) is 6.69. The van der Waals surface area contributed by atoms with E-state index in [-0.39, 0.29) is 5.69 Å². The Morgan fingerprint density at radius 2 is 2.00 bits per heavy atom. The van der Waals surface area contributed by atoms with Crippen molar-refractivity contribution in [2.24, 2.45) is 5.10 Å². The lowest BCUT2D eigenvalue weighted by molar-refractivity contribution is -0.385. The summed E-state index contributed by atoms with van der Waals surface area (Å²) in [6, 6.07) is 14.1. The Bertz CT molecular complexity index is 985. The van der Waals surface area contributed by atoms with Crippen LogP contribution in [-0.4, -0.2) is 26.0 Å². The van der Waals surface area contributed by atoms with E-state index in [1.165, 1.54) is 30.4 Å². The third-order valence-corrected chi connectivity index (χ3v) is 4.72. The number of nitro benzene ring substituents is 1. The number of para-hydroxylation sites is 1. The van der Waals surface area contributed by atoms with Gasteiger partial charge in [0.05, 0.1) is 10.5 Å². The topological polar surface area (TPSA) is 86.2 Å². The second kappa shape index (κ2) is 9.11. The van der Waals surface area contributed by atoms with Gasteiger partial charge >= 0.3 is 0 Å². The highest BCUT2D eigenvalue weighted by atomic mass is 35.5. The molecule has 0 radical (unpaired) electrons. The second-order valence-electron chi connectivity index (χ2n) is 5.31. The lowest BCUT2D eigenvalue weighted by atomic mass is 10.2. The van der Waals surface area contributed by atoms with Crippen LogP contribution in [0.2, 0.25) is 5.02 Å². The molecule has 3 aromatic rings. The molecular weight excluding hydrogens is 386 g/mol. The van der Waals surface area contributed by atoms with E-state index in [2.05, 4.69) is 15.3 Å². The number of halogens is 1. The van der Waals surface area contributed by atoms with E-state index < -0.39 is 4.92 Å². The van der Waals surface area contributed by atoms with Crippen LogP contribution in [-0.2, 0) is 5.75 Å². The van der Waals surface area contributed by atoms with Crippen molar-refractivity contribution in [3.05, 3.63) is 87.2 Å². The van der Waals surface area contributed by atoms with Crippen molar-refractivity contribution in [1.29, 1.82) is 0 Å². The first kappa shape index (κ1) is 18.8. The molecule has 0 amide bonds. The molecular formula is C18H14ClN5O2S. The summed E-state index contributed by atoms with van der Waals surface area (Å²) in [6.07, 6.45) is 6.30. The maximum Gasteiger partial charge on any atom is 0.276 e. The number of allylic oxidation sites excluding steroid dienone is 1. The Kier molecular flexibility index (Phi) is 6.35. The van der Waals surface area contributed by atoms with Crippen LogP contribution in [0, 0.1) is 10.1 Å². The molecule has 0 aliphatic rings. The third kappa shape index (κ3) is 5.25. The number of rotatable bonds is 7. The number of aromatic nitrogens is 3. The SMILES string of the molecule is O=[N+]([O-])c1ccccc1/C=C/C=N/n1cnnc1SCc1ccc(Cl)cc1. The van der Waals surface area contributed by atoms with E-state index in [0.717, 1.165) is 5.56 Å². The standard InChI is InChI=1S/C18H14ClN5O2S/c19-16-9-7-14(8-10-16)12-27-18-22-20-13-23(18)21-11-3-5-15-4-1-2-6-17(15)24(25)26/h1-11,13H,12H2/b5-3+,21-11+. The van der Waals surface area contributed by atoms with Gasteiger partial charge in [-0.3, -0.25) is 10.1 Å². The Morgan fingerprint density at radius 3 is 2.78 bits per heavy atom. The van der Waals surface area contributed by atoms with Crippen LogP contribution >= 0.6 is 23.4 Å². The maximum atomic E-state index is 11.0. The van der Waals surface area contributed by atoms with Crippen molar-refractivity contribution >= 4 is 41.3 Å². The van der Waals surface area contributed by atoms with Gasteiger partial charge in [0, 0.05) is 23.1 Å². The highest BCUT2D eigenvalue weighted by molar-refractivity contribution is 7.98. The fourth-order valence-electron chi connectivity index (χ4n) is 2.17. The van der Waals surface area contributed by atoms with Gasteiger partial charge in [0.25, 0.3) is 5.69 Å². The molecule has 0 aliphatic carbocycles. The van der Waals surface area contributed by atoms with Gasteiger partial charge in [0.15, 0.2) is 0 Å². The van der Waals surface area contributed by atoms with Gasteiger partial charge in [-0.1, -0.05) is 47.6 Å². The Morgan fingerprint density at radius 1 is 1.22 bits per heavy atom. The molecule has 9 heteroatoms. The molecule has 0 saturated carbocycles. The molecule has 2 aromatic carbocycles. The summed E-state index contributed by atoms with van der Waals surface area (Å²) in [5.41, 5.74) is 1.67. The molecule has 0 fully saturated rings. The Balaban J connectivity index is 1.64. The average molecular weight is 400 g/mol. The molecule has 0 saturated heterocycles. The number of thioether (sulfide) groups is 1. The summed E-state index contributed by atoms with van der Waals surface area (Å²) in [7, 11) is 0. The molecule has 27 heavy (non-hydrogen) atoms. The van der Waals surface area contributed by atoms with Crippen molar-refractivity contribution in [3.8, 4) is 0 Å². The summed E-state index contributed by atoms with van der Waals surface area (Å²) in [6.45, 7) is 0. The first-order valence-corrected chi connectivity index (χ1v) is 9.21. The fourth-order valence-corrected chi connectivity index (χ4v) is 3.12. The van der Waals surface area contributed by atoms with Crippen LogP contribution in [0.1, 0.15) is 11.1 Å². The fraction of sp³-hybridized carbons (Fsp3) is 0.0556. The van der Waals surface area contributed by atoms with Crippen molar-refractivity contribution in [2.45, 2.75) is 10.9 Å². The quantitative estimate of drug-likeness (QED) is 0.249. The van der Waals surface area contributed by atoms with Gasteiger partial charge in [-0.15, -0.1) is 10.2 Å². The first-order valence-electron chi connectivity index (χ1n) is 7.85. The van der Waals surface area contributed by atoms with Crippen LogP contribution in [0.25, 0.3) is 6.08 Å². The van der Waals surface area contributed by atoms with Crippen LogP contribution in [0.5, 0.6) is 0 Å². The van der Waals surface area contributed by atoms with Gasteiger partial charge in [0.1, 0.15) is 6.33 Å². The molecule has 136 valence electrons. The lowest BCUT2D eigenvalue weighted by Gasteiger charge is -2.01. The van der Waals surface area contributed by atoms with Crippen LogP contribution < -0.4 is 0 Å². The summed E-state index contributed by atoms with van der Waals surface area (Å²) < 4.78 is 1.55. The van der Waals surface area contributed by atoms with Gasteiger partial charge in [0.2, 0.25) is 5.16 Å². The minimum Gasteiger partial charge on any atom is -0.258 e. The number of hydrogen-bond donors (Lipinski definition) is 0. The van der Waals surface area contributed by atoms with E-state index >= 15 is 0 Å². The minimum absolute atomic E-state index is 0.0469. The molecule has 0 spiro atoms. The average Bonchev–Trinajstić information content (AvgIpc) is 3.12. The zero-order valence-electron chi connectivity index (χ0n) is 14.0. The van der Waals surface area contributed by atoms with Gasteiger partial charge in [-0.05, 0) is 35.9 Å². The summed E-state index contributed by atoms with van der Waals surface area (Å²) in [5, 5.41) is 24.5. The number of nitrogens with zero attached hydrogens (tertiary/aromatic N) is 5. The smallest absolute Gasteiger partial charge is 0.258 e. The van der Waals surface area contributed by atoms with Gasteiger partial charge < -0.3 is 0 Å². The van der Waals surface area contributed by atoms with E-state index in [4.69, 9.17) is 11.6 Å². The van der Waals surface area contributed by atoms with Gasteiger partial charge in [-0.2, -0.15) is 9.78 Å². The van der Waals surface area contributed by atoms with Gasteiger partial charge in [-0.25, -0.2) is 0 Å². The molecule has 0 unspecified atom stereocenters. The first-order chi connectivity index (χ1) is 13.1. The summed E-state index contributed by atoms with van der Waals surface area (Å²) in [4.78, 5) is 10.6. The zero-order valence-corrected chi connectivity index (χ0v) is 15.5.